The maximum absolute atomic E-state index is 4.18. The smallest absolute Gasteiger partial charge is 0.0270 e. The van der Waals surface area contributed by atoms with Crippen molar-refractivity contribution in [3.05, 3.63) is 30.1 Å². The number of nitrogens with zero attached hydrogens (tertiary/aromatic N) is 1. The van der Waals surface area contributed by atoms with Crippen molar-refractivity contribution in [3.63, 3.8) is 0 Å². The Labute approximate surface area is 86.0 Å². The maximum atomic E-state index is 4.18. The van der Waals surface area contributed by atoms with Gasteiger partial charge in [0.15, 0.2) is 0 Å². The summed E-state index contributed by atoms with van der Waals surface area (Å²) in [4.78, 5) is 3.99. The number of hydrogen-bond acceptors (Lipinski definition) is 2. The molecule has 0 N–H and O–H groups in total. The predicted molar refractivity (Wildman–Crippen MR) is 60.3 cm³/mol. The lowest BCUT2D eigenvalue weighted by molar-refractivity contribution is 0.670. The Kier molecular flexibility index (Phi) is 5.66. The summed E-state index contributed by atoms with van der Waals surface area (Å²) < 4.78 is 0. The molecule has 0 radical (unpaired) electrons. The minimum Gasteiger partial charge on any atom is -0.265 e. The number of aromatic nitrogens is 1. The second-order valence-corrected chi connectivity index (χ2v) is 3.69. The van der Waals surface area contributed by atoms with Crippen molar-refractivity contribution in [2.24, 2.45) is 0 Å². The van der Waals surface area contributed by atoms with Crippen molar-refractivity contribution in [1.29, 1.82) is 0 Å². The number of aryl methyl sites for hydroxylation is 1. The van der Waals surface area contributed by atoms with E-state index in [0.717, 1.165) is 5.75 Å². The van der Waals surface area contributed by atoms with E-state index in [0.29, 0.717) is 0 Å². The lowest BCUT2D eigenvalue weighted by atomic mass is 10.1. The van der Waals surface area contributed by atoms with Gasteiger partial charge >= 0.3 is 0 Å². The lowest BCUT2D eigenvalue weighted by Crippen LogP contribution is -1.86. The molecule has 0 spiro atoms. The highest BCUT2D eigenvalue weighted by Gasteiger charge is 1.92. The molecule has 0 amide bonds. The van der Waals surface area contributed by atoms with Crippen LogP contribution in [0.15, 0.2) is 24.5 Å². The van der Waals surface area contributed by atoms with E-state index in [9.17, 15) is 0 Å². The molecule has 1 aromatic rings. The van der Waals surface area contributed by atoms with Crippen LogP contribution >= 0.6 is 12.6 Å². The van der Waals surface area contributed by atoms with Crippen molar-refractivity contribution in [1.82, 2.24) is 4.98 Å². The van der Waals surface area contributed by atoms with Crippen LogP contribution in [0.25, 0.3) is 0 Å². The van der Waals surface area contributed by atoms with Crippen molar-refractivity contribution in [3.8, 4) is 0 Å². The second-order valence-electron chi connectivity index (χ2n) is 3.24. The van der Waals surface area contributed by atoms with Crippen LogP contribution in [0.2, 0.25) is 0 Å². The fraction of sp³-hybridized carbons (Fsp3) is 0.545. The van der Waals surface area contributed by atoms with Gasteiger partial charge in [-0.25, -0.2) is 0 Å². The topological polar surface area (TPSA) is 12.9 Å². The van der Waals surface area contributed by atoms with Crippen LogP contribution in [0.4, 0.5) is 0 Å². The van der Waals surface area contributed by atoms with E-state index in [-0.39, 0.29) is 0 Å². The highest BCUT2D eigenvalue weighted by molar-refractivity contribution is 7.80. The van der Waals surface area contributed by atoms with E-state index in [1.807, 2.05) is 12.4 Å². The van der Waals surface area contributed by atoms with E-state index in [2.05, 4.69) is 29.7 Å². The monoisotopic (exact) mass is 195 g/mol. The van der Waals surface area contributed by atoms with E-state index in [1.165, 1.54) is 37.7 Å². The lowest BCUT2D eigenvalue weighted by Gasteiger charge is -2.00. The normalized spacial score (nSPS) is 10.2. The van der Waals surface area contributed by atoms with Crippen molar-refractivity contribution in [2.45, 2.75) is 32.1 Å². The van der Waals surface area contributed by atoms with E-state index < -0.39 is 0 Å². The molecule has 72 valence electrons. The van der Waals surface area contributed by atoms with Gasteiger partial charge in [0.1, 0.15) is 0 Å². The molecule has 2 heteroatoms. The molecule has 0 saturated carbocycles. The zero-order valence-corrected chi connectivity index (χ0v) is 8.84. The summed E-state index contributed by atoms with van der Waals surface area (Å²) in [5, 5.41) is 0. The summed E-state index contributed by atoms with van der Waals surface area (Å²) in [6.45, 7) is 0. The van der Waals surface area contributed by atoms with Gasteiger partial charge in [-0.2, -0.15) is 12.6 Å². The molecule has 0 bridgehead atoms. The standard InChI is InChI=1S/C11H17NS/c13-10-4-2-1-3-5-11-6-8-12-9-7-11/h6-9,13H,1-5,10H2. The Morgan fingerprint density at radius 3 is 2.38 bits per heavy atom. The van der Waals surface area contributed by atoms with Gasteiger partial charge in [-0.1, -0.05) is 12.8 Å². The number of pyridine rings is 1. The number of thiol groups is 1. The first-order valence-electron chi connectivity index (χ1n) is 4.93. The molecule has 0 saturated heterocycles. The van der Waals surface area contributed by atoms with Gasteiger partial charge in [0.25, 0.3) is 0 Å². The summed E-state index contributed by atoms with van der Waals surface area (Å²) in [5.41, 5.74) is 1.40. The van der Waals surface area contributed by atoms with Gasteiger partial charge in [0, 0.05) is 12.4 Å². The van der Waals surface area contributed by atoms with Crippen LogP contribution < -0.4 is 0 Å². The van der Waals surface area contributed by atoms with Gasteiger partial charge in [0.05, 0.1) is 0 Å². The zero-order chi connectivity index (χ0) is 9.36. The fourth-order valence-electron chi connectivity index (χ4n) is 1.34. The van der Waals surface area contributed by atoms with Crippen LogP contribution in [-0.2, 0) is 6.42 Å². The summed E-state index contributed by atoms with van der Waals surface area (Å²) >= 11 is 4.18. The first-order chi connectivity index (χ1) is 6.43. The molecule has 13 heavy (non-hydrogen) atoms. The molecule has 0 aliphatic rings. The Morgan fingerprint density at radius 1 is 1.00 bits per heavy atom. The molecule has 0 aliphatic carbocycles. The molecule has 0 aromatic carbocycles. The van der Waals surface area contributed by atoms with E-state index in [1.54, 1.807) is 0 Å². The van der Waals surface area contributed by atoms with Crippen molar-refractivity contribution >= 4 is 12.6 Å². The summed E-state index contributed by atoms with van der Waals surface area (Å²) in [6.07, 6.45) is 10.1. The summed E-state index contributed by atoms with van der Waals surface area (Å²) in [7, 11) is 0. The largest absolute Gasteiger partial charge is 0.265 e. The van der Waals surface area contributed by atoms with Gasteiger partial charge in [-0.15, -0.1) is 0 Å². The van der Waals surface area contributed by atoms with Crippen LogP contribution in [0.1, 0.15) is 31.2 Å². The first kappa shape index (κ1) is 10.6. The summed E-state index contributed by atoms with van der Waals surface area (Å²) in [5.74, 6) is 1.02. The van der Waals surface area contributed by atoms with E-state index >= 15 is 0 Å². The van der Waals surface area contributed by atoms with Crippen molar-refractivity contribution < 1.29 is 0 Å². The first-order valence-corrected chi connectivity index (χ1v) is 5.56. The molecule has 0 unspecified atom stereocenters. The molecule has 1 rings (SSSR count). The van der Waals surface area contributed by atoms with Crippen LogP contribution in [0.5, 0.6) is 0 Å². The second kappa shape index (κ2) is 6.96. The quantitative estimate of drug-likeness (QED) is 0.543. The number of unbranched alkanes of at least 4 members (excludes halogenated alkanes) is 3. The summed E-state index contributed by atoms with van der Waals surface area (Å²) in [6, 6.07) is 4.19. The Hall–Kier alpha value is -0.500. The third kappa shape index (κ3) is 4.94. The SMILES string of the molecule is SCCCCCCc1ccncc1. The fourth-order valence-corrected chi connectivity index (χ4v) is 1.57. The maximum Gasteiger partial charge on any atom is 0.0270 e. The van der Waals surface area contributed by atoms with Crippen molar-refractivity contribution in [2.75, 3.05) is 5.75 Å². The number of hydrogen-bond donors (Lipinski definition) is 1. The van der Waals surface area contributed by atoms with Crippen LogP contribution in [-0.4, -0.2) is 10.7 Å². The minimum absolute atomic E-state index is 1.02. The molecule has 1 heterocycles. The Bertz CT molecular complexity index is 211. The van der Waals surface area contributed by atoms with E-state index in [4.69, 9.17) is 0 Å². The molecule has 1 aromatic heterocycles. The third-order valence-corrected chi connectivity index (χ3v) is 2.44. The molecular weight excluding hydrogens is 178 g/mol. The van der Waals surface area contributed by atoms with Crippen LogP contribution in [0.3, 0.4) is 0 Å². The molecule has 0 aliphatic heterocycles. The molecule has 0 fully saturated rings. The Balaban J connectivity index is 2.07. The highest BCUT2D eigenvalue weighted by atomic mass is 32.1. The molecule has 0 atom stereocenters. The predicted octanol–water partition coefficient (Wildman–Crippen LogP) is 3.11. The average Bonchev–Trinajstić information content (AvgIpc) is 2.19. The Morgan fingerprint density at radius 2 is 1.69 bits per heavy atom. The van der Waals surface area contributed by atoms with Gasteiger partial charge < -0.3 is 0 Å². The third-order valence-electron chi connectivity index (χ3n) is 2.12. The average molecular weight is 195 g/mol. The molecule has 1 nitrogen and oxygen atoms in total. The minimum atomic E-state index is 1.02. The van der Waals surface area contributed by atoms with Gasteiger partial charge in [-0.3, -0.25) is 4.98 Å². The number of rotatable bonds is 6. The highest BCUT2D eigenvalue weighted by Crippen LogP contribution is 2.06. The zero-order valence-electron chi connectivity index (χ0n) is 7.95. The molecular formula is C11H17NS. The van der Waals surface area contributed by atoms with Gasteiger partial charge in [0.2, 0.25) is 0 Å². The van der Waals surface area contributed by atoms with Gasteiger partial charge in [-0.05, 0) is 42.7 Å². The van der Waals surface area contributed by atoms with Crippen LogP contribution in [0, 0.1) is 0 Å².